The fraction of sp³-hybridized carbons (Fsp3) is 0.208. The summed E-state index contributed by atoms with van der Waals surface area (Å²) >= 11 is 0. The number of methoxy groups -OCH3 is 1. The third-order valence-electron chi connectivity index (χ3n) is 5.21. The molecule has 0 saturated heterocycles. The van der Waals surface area contributed by atoms with Gasteiger partial charge in [0.1, 0.15) is 17.3 Å². The van der Waals surface area contributed by atoms with Gasteiger partial charge in [0.25, 0.3) is 0 Å². The second-order valence-corrected chi connectivity index (χ2v) is 7.19. The molecule has 0 aliphatic carbocycles. The molecule has 0 aliphatic heterocycles. The number of benzene rings is 2. The molecule has 0 radical (unpaired) electrons. The predicted molar refractivity (Wildman–Crippen MR) is 115 cm³/mol. The topological polar surface area (TPSA) is 76.5 Å². The van der Waals surface area contributed by atoms with Crippen LogP contribution in [0.4, 0.5) is 8.78 Å². The average molecular weight is 440 g/mol. The van der Waals surface area contributed by atoms with E-state index in [2.05, 4.69) is 15.0 Å². The van der Waals surface area contributed by atoms with E-state index in [1.54, 1.807) is 31.4 Å². The quantitative estimate of drug-likeness (QED) is 0.375. The maximum absolute atomic E-state index is 12.8. The monoisotopic (exact) mass is 440 g/mol. The summed E-state index contributed by atoms with van der Waals surface area (Å²) in [5, 5.41) is 3.68. The Morgan fingerprint density at radius 2 is 2.00 bits per heavy atom. The van der Waals surface area contributed by atoms with Crippen molar-refractivity contribution in [2.45, 2.75) is 25.5 Å². The molecule has 1 amide bonds. The van der Waals surface area contributed by atoms with Gasteiger partial charge in [-0.15, -0.1) is 0 Å². The predicted octanol–water partition coefficient (Wildman–Crippen LogP) is 5.21. The zero-order valence-corrected chi connectivity index (χ0v) is 17.3. The number of halogens is 2. The van der Waals surface area contributed by atoms with Gasteiger partial charge in [-0.3, -0.25) is 4.79 Å². The molecule has 32 heavy (non-hydrogen) atoms. The van der Waals surface area contributed by atoms with Crippen LogP contribution in [0, 0.1) is 0 Å². The molecule has 0 saturated carbocycles. The molecule has 166 valence electrons. The van der Waals surface area contributed by atoms with Crippen molar-refractivity contribution in [3.8, 4) is 11.5 Å². The van der Waals surface area contributed by atoms with Crippen molar-refractivity contribution in [1.82, 2.24) is 10.3 Å². The first kappa shape index (κ1) is 21.4. The number of aromatic amines is 1. The van der Waals surface area contributed by atoms with E-state index < -0.39 is 12.5 Å². The van der Waals surface area contributed by atoms with Crippen molar-refractivity contribution in [3.05, 3.63) is 83.9 Å². The number of hydrogen-bond donors (Lipinski definition) is 2. The van der Waals surface area contributed by atoms with Crippen LogP contribution in [0.3, 0.4) is 0 Å². The van der Waals surface area contributed by atoms with E-state index in [-0.39, 0.29) is 24.6 Å². The fourth-order valence-electron chi connectivity index (χ4n) is 3.79. The van der Waals surface area contributed by atoms with E-state index in [1.807, 2.05) is 24.4 Å². The van der Waals surface area contributed by atoms with Gasteiger partial charge in [-0.2, -0.15) is 8.78 Å². The highest BCUT2D eigenvalue weighted by Gasteiger charge is 2.24. The van der Waals surface area contributed by atoms with Gasteiger partial charge in [-0.05, 0) is 47.5 Å². The third kappa shape index (κ3) is 4.74. The molecular weight excluding hydrogens is 418 g/mol. The summed E-state index contributed by atoms with van der Waals surface area (Å²) in [5.41, 5.74) is 2.34. The molecule has 2 N–H and O–H groups in total. The van der Waals surface area contributed by atoms with Crippen molar-refractivity contribution < 1.29 is 27.5 Å². The highest BCUT2D eigenvalue weighted by molar-refractivity contribution is 5.91. The minimum absolute atomic E-state index is 0.0327. The molecule has 1 atom stereocenters. The lowest BCUT2D eigenvalue weighted by Crippen LogP contribution is -2.24. The lowest BCUT2D eigenvalue weighted by Gasteiger charge is -2.19. The summed E-state index contributed by atoms with van der Waals surface area (Å²) in [7, 11) is 1.58. The first-order valence-electron chi connectivity index (χ1n) is 10.0. The maximum atomic E-state index is 12.8. The molecular formula is C24H22F2N2O4. The number of H-pyrrole nitrogens is 1. The summed E-state index contributed by atoms with van der Waals surface area (Å²) in [5.74, 6) is 0.676. The summed E-state index contributed by atoms with van der Waals surface area (Å²) in [4.78, 5) is 16.0. The zero-order valence-electron chi connectivity index (χ0n) is 17.3. The molecule has 0 bridgehead atoms. The number of fused-ring (bicyclic) bond motifs is 1. The molecule has 6 nitrogen and oxygen atoms in total. The maximum Gasteiger partial charge on any atom is 0.387 e. The minimum Gasteiger partial charge on any atom is -0.496 e. The largest absolute Gasteiger partial charge is 0.496 e. The zero-order chi connectivity index (χ0) is 22.5. The number of carbonyl (C=O) groups excluding carboxylic acids is 1. The van der Waals surface area contributed by atoms with Gasteiger partial charge in [0.2, 0.25) is 5.91 Å². The molecule has 8 heteroatoms. The van der Waals surface area contributed by atoms with E-state index in [0.29, 0.717) is 17.1 Å². The van der Waals surface area contributed by atoms with Gasteiger partial charge in [0.05, 0.1) is 19.9 Å². The van der Waals surface area contributed by atoms with Crippen molar-refractivity contribution in [2.75, 3.05) is 7.11 Å². The number of hydrogen-bond acceptors (Lipinski definition) is 4. The summed E-state index contributed by atoms with van der Waals surface area (Å²) in [6, 6.07) is 15.5. The Hall–Kier alpha value is -3.81. The van der Waals surface area contributed by atoms with E-state index >= 15 is 0 Å². The van der Waals surface area contributed by atoms with E-state index in [0.717, 1.165) is 16.5 Å². The van der Waals surface area contributed by atoms with Crippen LogP contribution in [-0.2, 0) is 11.3 Å². The van der Waals surface area contributed by atoms with Crippen LogP contribution in [0.25, 0.3) is 10.9 Å². The van der Waals surface area contributed by atoms with Crippen molar-refractivity contribution in [3.63, 3.8) is 0 Å². The number of nitrogens with one attached hydrogen (secondary N) is 2. The normalized spacial score (nSPS) is 12.1. The van der Waals surface area contributed by atoms with Crippen molar-refractivity contribution in [2.24, 2.45) is 0 Å². The first-order chi connectivity index (χ1) is 15.5. The lowest BCUT2D eigenvalue weighted by molar-refractivity contribution is -0.121. The molecule has 2 heterocycles. The molecule has 0 aliphatic rings. The van der Waals surface area contributed by atoms with Gasteiger partial charge in [-0.25, -0.2) is 0 Å². The number of rotatable bonds is 9. The Morgan fingerprint density at radius 3 is 2.75 bits per heavy atom. The van der Waals surface area contributed by atoms with E-state index in [9.17, 15) is 13.6 Å². The highest BCUT2D eigenvalue weighted by atomic mass is 19.3. The summed E-state index contributed by atoms with van der Waals surface area (Å²) in [6.07, 6.45) is 3.44. The molecule has 0 spiro atoms. The Morgan fingerprint density at radius 1 is 1.16 bits per heavy atom. The number of amides is 1. The minimum atomic E-state index is -2.94. The highest BCUT2D eigenvalue weighted by Crippen LogP contribution is 2.38. The number of aromatic nitrogens is 1. The number of alkyl halides is 2. The second-order valence-electron chi connectivity index (χ2n) is 7.19. The molecule has 0 unspecified atom stereocenters. The fourth-order valence-corrected chi connectivity index (χ4v) is 3.79. The van der Waals surface area contributed by atoms with Crippen LogP contribution in [0.1, 0.15) is 29.2 Å². The van der Waals surface area contributed by atoms with Gasteiger partial charge in [0.15, 0.2) is 0 Å². The molecule has 0 fully saturated rings. The molecule has 4 aromatic rings. The Bertz CT molecular complexity index is 1190. The Labute approximate surface area is 183 Å². The Balaban J connectivity index is 1.69. The van der Waals surface area contributed by atoms with Crippen molar-refractivity contribution in [1.29, 1.82) is 0 Å². The van der Waals surface area contributed by atoms with Crippen LogP contribution >= 0.6 is 0 Å². The summed E-state index contributed by atoms with van der Waals surface area (Å²) in [6.45, 7) is -2.68. The average Bonchev–Trinajstić information content (AvgIpc) is 3.45. The van der Waals surface area contributed by atoms with Gasteiger partial charge in [-0.1, -0.05) is 18.2 Å². The van der Waals surface area contributed by atoms with Crippen LogP contribution < -0.4 is 14.8 Å². The second kappa shape index (κ2) is 9.55. The SMILES string of the molecule is COc1cccc2[nH]cc([C@@H](CC(=O)NCc3ccco3)c3cccc(OC(F)F)c3)c12. The first-order valence-corrected chi connectivity index (χ1v) is 10.0. The molecule has 4 rings (SSSR count). The van der Waals surface area contributed by atoms with Gasteiger partial charge >= 0.3 is 6.61 Å². The van der Waals surface area contributed by atoms with E-state index in [1.165, 1.54) is 18.4 Å². The van der Waals surface area contributed by atoms with E-state index in [4.69, 9.17) is 9.15 Å². The van der Waals surface area contributed by atoms with Crippen molar-refractivity contribution >= 4 is 16.8 Å². The number of ether oxygens (including phenoxy) is 2. The number of carbonyl (C=O) groups is 1. The standard InChI is InChI=1S/C24H22F2N2O4/c1-30-21-9-3-8-20-23(21)19(14-27-20)18(12-22(29)28-13-17-7-4-10-31-17)15-5-2-6-16(11-15)32-24(25)26/h2-11,14,18,24,27H,12-13H2,1H3,(H,28,29)/t18-/m0/s1. The Kier molecular flexibility index (Phi) is 6.39. The van der Waals surface area contributed by atoms with Crippen LogP contribution in [-0.4, -0.2) is 24.6 Å². The third-order valence-corrected chi connectivity index (χ3v) is 5.21. The summed E-state index contributed by atoms with van der Waals surface area (Å²) < 4.78 is 40.9. The van der Waals surface area contributed by atoms with Crippen LogP contribution in [0.5, 0.6) is 11.5 Å². The molecule has 2 aromatic heterocycles. The van der Waals surface area contributed by atoms with Crippen LogP contribution in [0.15, 0.2) is 71.5 Å². The smallest absolute Gasteiger partial charge is 0.387 e. The lowest BCUT2D eigenvalue weighted by atomic mass is 9.87. The van der Waals surface area contributed by atoms with Crippen LogP contribution in [0.2, 0.25) is 0 Å². The molecule has 2 aromatic carbocycles. The van der Waals surface area contributed by atoms with Gasteiger partial charge in [0, 0.05) is 29.4 Å². The number of furan rings is 1. The van der Waals surface area contributed by atoms with Gasteiger partial charge < -0.3 is 24.2 Å².